The van der Waals surface area contributed by atoms with Crippen LogP contribution in [0.5, 0.6) is 5.75 Å². The average molecular weight is 259 g/mol. The zero-order chi connectivity index (χ0) is 13.8. The van der Waals surface area contributed by atoms with Gasteiger partial charge < -0.3 is 10.1 Å². The molecule has 0 saturated carbocycles. The standard InChI is InChI=1S/C15H21N3O/c1-11(13-6-5-7-15(8-13)19-4)16-9-14-10-18(3)17-12(14)2/h5-8,10-11,16H,9H2,1-4H3. The summed E-state index contributed by atoms with van der Waals surface area (Å²) in [4.78, 5) is 0. The Morgan fingerprint density at radius 3 is 2.84 bits per heavy atom. The van der Waals surface area contributed by atoms with E-state index in [0.717, 1.165) is 18.0 Å². The number of nitrogens with one attached hydrogen (secondary N) is 1. The first kappa shape index (κ1) is 13.6. The van der Waals surface area contributed by atoms with Crippen LogP contribution >= 0.6 is 0 Å². The molecular formula is C15H21N3O. The number of aromatic nitrogens is 2. The molecular weight excluding hydrogens is 238 g/mol. The minimum atomic E-state index is 0.273. The third kappa shape index (κ3) is 3.35. The van der Waals surface area contributed by atoms with Crippen LogP contribution in [0.25, 0.3) is 0 Å². The van der Waals surface area contributed by atoms with Gasteiger partial charge in [-0.3, -0.25) is 4.68 Å². The van der Waals surface area contributed by atoms with Crippen LogP contribution in [-0.4, -0.2) is 16.9 Å². The van der Waals surface area contributed by atoms with Crippen molar-refractivity contribution >= 4 is 0 Å². The van der Waals surface area contributed by atoms with Crippen molar-refractivity contribution in [1.29, 1.82) is 0 Å². The molecule has 2 rings (SSSR count). The molecule has 0 amide bonds. The van der Waals surface area contributed by atoms with Crippen molar-refractivity contribution in [3.05, 3.63) is 47.3 Å². The van der Waals surface area contributed by atoms with Crippen LogP contribution in [-0.2, 0) is 13.6 Å². The second kappa shape index (κ2) is 5.89. The summed E-state index contributed by atoms with van der Waals surface area (Å²) in [5, 5.41) is 7.86. The molecule has 1 heterocycles. The fourth-order valence-electron chi connectivity index (χ4n) is 2.11. The fourth-order valence-corrected chi connectivity index (χ4v) is 2.11. The lowest BCUT2D eigenvalue weighted by molar-refractivity contribution is 0.413. The van der Waals surface area contributed by atoms with E-state index in [4.69, 9.17) is 4.74 Å². The Morgan fingerprint density at radius 1 is 1.42 bits per heavy atom. The van der Waals surface area contributed by atoms with Crippen molar-refractivity contribution in [3.63, 3.8) is 0 Å². The van der Waals surface area contributed by atoms with Crippen LogP contribution in [0.3, 0.4) is 0 Å². The number of aryl methyl sites for hydroxylation is 2. The molecule has 0 fully saturated rings. The van der Waals surface area contributed by atoms with Gasteiger partial charge in [-0.25, -0.2) is 0 Å². The summed E-state index contributed by atoms with van der Waals surface area (Å²) in [6.45, 7) is 5.01. The zero-order valence-electron chi connectivity index (χ0n) is 12.0. The van der Waals surface area contributed by atoms with Crippen molar-refractivity contribution < 1.29 is 4.74 Å². The number of methoxy groups -OCH3 is 1. The molecule has 0 aliphatic carbocycles. The fraction of sp³-hybridized carbons (Fsp3) is 0.400. The van der Waals surface area contributed by atoms with Crippen molar-refractivity contribution in [2.24, 2.45) is 7.05 Å². The largest absolute Gasteiger partial charge is 0.497 e. The Kier molecular flexibility index (Phi) is 4.22. The molecule has 0 saturated heterocycles. The Hall–Kier alpha value is -1.81. The van der Waals surface area contributed by atoms with Crippen LogP contribution < -0.4 is 10.1 Å². The molecule has 0 aliphatic rings. The van der Waals surface area contributed by atoms with Crippen LogP contribution in [0.1, 0.15) is 29.8 Å². The van der Waals surface area contributed by atoms with Crippen molar-refractivity contribution in [3.8, 4) is 5.75 Å². The van der Waals surface area contributed by atoms with E-state index in [1.807, 2.05) is 30.8 Å². The Morgan fingerprint density at radius 2 is 2.21 bits per heavy atom. The first-order chi connectivity index (χ1) is 9.10. The summed E-state index contributed by atoms with van der Waals surface area (Å²) in [6, 6.07) is 8.42. The molecule has 4 nitrogen and oxygen atoms in total. The van der Waals surface area contributed by atoms with E-state index in [0.29, 0.717) is 0 Å². The average Bonchev–Trinajstić information content (AvgIpc) is 2.74. The maximum absolute atomic E-state index is 5.25. The summed E-state index contributed by atoms with van der Waals surface area (Å²) in [6.07, 6.45) is 2.06. The van der Waals surface area contributed by atoms with Gasteiger partial charge >= 0.3 is 0 Å². The summed E-state index contributed by atoms with van der Waals surface area (Å²) in [5.74, 6) is 0.892. The Bertz CT molecular complexity index is 548. The predicted molar refractivity (Wildman–Crippen MR) is 76.2 cm³/mol. The van der Waals surface area contributed by atoms with Crippen LogP contribution in [0.4, 0.5) is 0 Å². The summed E-state index contributed by atoms with van der Waals surface area (Å²) in [7, 11) is 3.64. The molecule has 1 N–H and O–H groups in total. The second-order valence-corrected chi connectivity index (χ2v) is 4.79. The summed E-state index contributed by atoms with van der Waals surface area (Å²) < 4.78 is 7.10. The second-order valence-electron chi connectivity index (χ2n) is 4.79. The SMILES string of the molecule is COc1cccc(C(C)NCc2cn(C)nc2C)c1. The number of hydrogen-bond acceptors (Lipinski definition) is 3. The van der Waals surface area contributed by atoms with E-state index >= 15 is 0 Å². The molecule has 102 valence electrons. The summed E-state index contributed by atoms with van der Waals surface area (Å²) >= 11 is 0. The molecule has 0 bridgehead atoms. The Balaban J connectivity index is 2.00. The first-order valence-corrected chi connectivity index (χ1v) is 6.46. The smallest absolute Gasteiger partial charge is 0.119 e. The van der Waals surface area contributed by atoms with Gasteiger partial charge in [0.2, 0.25) is 0 Å². The maximum atomic E-state index is 5.25. The van der Waals surface area contributed by atoms with Gasteiger partial charge in [0.25, 0.3) is 0 Å². The van der Waals surface area contributed by atoms with Gasteiger partial charge in [0.1, 0.15) is 5.75 Å². The molecule has 1 atom stereocenters. The highest BCUT2D eigenvalue weighted by molar-refractivity contribution is 5.30. The normalized spacial score (nSPS) is 12.4. The molecule has 1 aromatic carbocycles. The van der Waals surface area contributed by atoms with Crippen LogP contribution in [0, 0.1) is 6.92 Å². The van der Waals surface area contributed by atoms with E-state index in [9.17, 15) is 0 Å². The molecule has 19 heavy (non-hydrogen) atoms. The van der Waals surface area contributed by atoms with Gasteiger partial charge in [-0.2, -0.15) is 5.10 Å². The molecule has 4 heteroatoms. The van der Waals surface area contributed by atoms with Gasteiger partial charge in [0, 0.05) is 31.4 Å². The number of ether oxygens (including phenoxy) is 1. The van der Waals surface area contributed by atoms with Gasteiger partial charge in [-0.1, -0.05) is 12.1 Å². The van der Waals surface area contributed by atoms with Gasteiger partial charge in [-0.05, 0) is 31.5 Å². The van der Waals surface area contributed by atoms with Gasteiger partial charge in [0.15, 0.2) is 0 Å². The number of benzene rings is 1. The molecule has 0 aliphatic heterocycles. The van der Waals surface area contributed by atoms with Crippen molar-refractivity contribution in [1.82, 2.24) is 15.1 Å². The molecule has 0 spiro atoms. The van der Waals surface area contributed by atoms with Crippen LogP contribution in [0.2, 0.25) is 0 Å². The summed E-state index contributed by atoms with van der Waals surface area (Å²) in [5.41, 5.74) is 3.53. The highest BCUT2D eigenvalue weighted by Gasteiger charge is 2.08. The lowest BCUT2D eigenvalue weighted by Gasteiger charge is -2.14. The highest BCUT2D eigenvalue weighted by Crippen LogP contribution is 2.19. The predicted octanol–water partition coefficient (Wildman–Crippen LogP) is 2.59. The monoisotopic (exact) mass is 259 g/mol. The van der Waals surface area contributed by atoms with Crippen molar-refractivity contribution in [2.45, 2.75) is 26.4 Å². The van der Waals surface area contributed by atoms with E-state index in [2.05, 4.69) is 35.7 Å². The van der Waals surface area contributed by atoms with Gasteiger partial charge in [0.05, 0.1) is 12.8 Å². The highest BCUT2D eigenvalue weighted by atomic mass is 16.5. The minimum absolute atomic E-state index is 0.273. The zero-order valence-corrected chi connectivity index (χ0v) is 12.0. The maximum Gasteiger partial charge on any atom is 0.119 e. The molecule has 0 radical (unpaired) electrons. The third-order valence-electron chi connectivity index (χ3n) is 3.31. The Labute approximate surface area is 114 Å². The van der Waals surface area contributed by atoms with E-state index in [1.165, 1.54) is 11.1 Å². The minimum Gasteiger partial charge on any atom is -0.497 e. The molecule has 1 aromatic heterocycles. The third-order valence-corrected chi connectivity index (χ3v) is 3.31. The van der Waals surface area contributed by atoms with Gasteiger partial charge in [-0.15, -0.1) is 0 Å². The van der Waals surface area contributed by atoms with E-state index in [-0.39, 0.29) is 6.04 Å². The molecule has 2 aromatic rings. The lowest BCUT2D eigenvalue weighted by Crippen LogP contribution is -2.18. The number of nitrogens with zero attached hydrogens (tertiary/aromatic N) is 2. The molecule has 1 unspecified atom stereocenters. The number of rotatable bonds is 5. The van der Waals surface area contributed by atoms with E-state index in [1.54, 1.807) is 7.11 Å². The van der Waals surface area contributed by atoms with E-state index < -0.39 is 0 Å². The topological polar surface area (TPSA) is 39.1 Å². The van der Waals surface area contributed by atoms with Crippen molar-refractivity contribution in [2.75, 3.05) is 7.11 Å². The quantitative estimate of drug-likeness (QED) is 0.897. The first-order valence-electron chi connectivity index (χ1n) is 6.46. The number of hydrogen-bond donors (Lipinski definition) is 1. The lowest BCUT2D eigenvalue weighted by atomic mass is 10.1. The van der Waals surface area contributed by atoms with Crippen LogP contribution in [0.15, 0.2) is 30.5 Å².